The zero-order chi connectivity index (χ0) is 24.5. The molecular weight excluding hydrogens is 444 g/mol. The highest BCUT2D eigenvalue weighted by Crippen LogP contribution is 2.25. The van der Waals surface area contributed by atoms with Gasteiger partial charge in [0, 0.05) is 45.5 Å². The molecule has 2 fully saturated rings. The van der Waals surface area contributed by atoms with Crippen LogP contribution in [0, 0.1) is 5.92 Å². The van der Waals surface area contributed by atoms with Gasteiger partial charge < -0.3 is 19.3 Å². The van der Waals surface area contributed by atoms with Crippen LogP contribution < -0.4 is 4.90 Å². The van der Waals surface area contributed by atoms with Crippen LogP contribution in [0.15, 0.2) is 48.7 Å². The number of carbonyl (C=O) groups is 2. The summed E-state index contributed by atoms with van der Waals surface area (Å²) in [4.78, 5) is 35.5. The Labute approximate surface area is 207 Å². The second kappa shape index (κ2) is 12.7. The number of benzene rings is 1. The molecule has 0 spiro atoms. The minimum Gasteiger partial charge on any atom is -0.465 e. The van der Waals surface area contributed by atoms with Gasteiger partial charge in [-0.15, -0.1) is 0 Å². The van der Waals surface area contributed by atoms with Gasteiger partial charge in [-0.05, 0) is 49.9 Å². The molecule has 0 bridgehead atoms. The summed E-state index contributed by atoms with van der Waals surface area (Å²) in [6.07, 6.45) is 3.94. The second-order valence-electron chi connectivity index (χ2n) is 9.28. The Morgan fingerprint density at radius 3 is 2.46 bits per heavy atom. The standard InChI is InChI=1S/C27H36N4O4/c1-2-34-26(32)20-30-16-14-29(15-17-30)12-10-22-11-13-31(19-22)25-9-8-24(18-28-25)27(33)35-21-23-6-4-3-5-7-23/h3-9,18,22H,2,10-17,19-21H2,1H3. The zero-order valence-corrected chi connectivity index (χ0v) is 20.6. The molecule has 0 amide bonds. The van der Waals surface area contributed by atoms with Gasteiger partial charge in [0.05, 0.1) is 18.7 Å². The van der Waals surface area contributed by atoms with Crippen molar-refractivity contribution in [1.29, 1.82) is 0 Å². The lowest BCUT2D eigenvalue weighted by molar-refractivity contribution is -0.144. The fourth-order valence-corrected chi connectivity index (χ4v) is 4.70. The summed E-state index contributed by atoms with van der Waals surface area (Å²) < 4.78 is 10.5. The van der Waals surface area contributed by atoms with Crippen LogP contribution in [0.4, 0.5) is 5.82 Å². The summed E-state index contributed by atoms with van der Waals surface area (Å²) in [6, 6.07) is 13.4. The number of hydrogen-bond donors (Lipinski definition) is 0. The Balaban J connectivity index is 1.16. The molecule has 2 aliphatic rings. The summed E-state index contributed by atoms with van der Waals surface area (Å²) in [5, 5.41) is 0. The molecule has 3 heterocycles. The first-order valence-electron chi connectivity index (χ1n) is 12.6. The number of carbonyl (C=O) groups excluding carboxylic acids is 2. The van der Waals surface area contributed by atoms with E-state index >= 15 is 0 Å². The fourth-order valence-electron chi connectivity index (χ4n) is 4.70. The molecule has 188 valence electrons. The molecule has 0 aliphatic carbocycles. The fraction of sp³-hybridized carbons (Fsp3) is 0.519. The molecule has 8 heteroatoms. The molecule has 1 unspecified atom stereocenters. The Hall–Kier alpha value is -2.97. The van der Waals surface area contributed by atoms with Gasteiger partial charge in [-0.1, -0.05) is 30.3 Å². The third-order valence-corrected chi connectivity index (χ3v) is 6.78. The predicted molar refractivity (Wildman–Crippen MR) is 134 cm³/mol. The van der Waals surface area contributed by atoms with Crippen LogP contribution >= 0.6 is 0 Å². The lowest BCUT2D eigenvalue weighted by atomic mass is 10.0. The first-order chi connectivity index (χ1) is 17.1. The van der Waals surface area contributed by atoms with Crippen molar-refractivity contribution >= 4 is 17.8 Å². The van der Waals surface area contributed by atoms with E-state index in [9.17, 15) is 9.59 Å². The van der Waals surface area contributed by atoms with Gasteiger partial charge in [0.25, 0.3) is 0 Å². The van der Waals surface area contributed by atoms with Crippen molar-refractivity contribution in [2.75, 3.05) is 63.9 Å². The number of piperazine rings is 1. The molecule has 35 heavy (non-hydrogen) atoms. The molecule has 0 N–H and O–H groups in total. The zero-order valence-electron chi connectivity index (χ0n) is 20.6. The number of pyridine rings is 1. The van der Waals surface area contributed by atoms with Gasteiger partial charge in [-0.3, -0.25) is 9.69 Å². The Morgan fingerprint density at radius 1 is 0.971 bits per heavy atom. The number of ether oxygens (including phenoxy) is 2. The molecule has 1 aromatic carbocycles. The van der Waals surface area contributed by atoms with E-state index in [1.165, 1.54) is 0 Å². The predicted octanol–water partition coefficient (Wildman–Crippen LogP) is 2.84. The molecule has 1 atom stereocenters. The third kappa shape index (κ3) is 7.50. The lowest BCUT2D eigenvalue weighted by Crippen LogP contribution is -2.48. The number of hydrogen-bond acceptors (Lipinski definition) is 8. The van der Waals surface area contributed by atoms with Crippen LogP contribution in [-0.2, 0) is 20.9 Å². The number of aromatic nitrogens is 1. The Morgan fingerprint density at radius 2 is 1.74 bits per heavy atom. The molecule has 0 radical (unpaired) electrons. The van der Waals surface area contributed by atoms with Crippen LogP contribution in [0.5, 0.6) is 0 Å². The van der Waals surface area contributed by atoms with E-state index < -0.39 is 0 Å². The SMILES string of the molecule is CCOC(=O)CN1CCN(CCC2CCN(c3ccc(C(=O)OCc4ccccc4)cn3)C2)CC1. The van der Waals surface area contributed by atoms with E-state index in [-0.39, 0.29) is 18.5 Å². The number of anilines is 1. The summed E-state index contributed by atoms with van der Waals surface area (Å²) in [6.45, 7) is 9.85. The van der Waals surface area contributed by atoms with E-state index in [2.05, 4.69) is 19.7 Å². The van der Waals surface area contributed by atoms with Crippen LogP contribution in [0.2, 0.25) is 0 Å². The van der Waals surface area contributed by atoms with Crippen molar-refractivity contribution in [3.05, 3.63) is 59.8 Å². The van der Waals surface area contributed by atoms with E-state index in [0.717, 1.165) is 70.0 Å². The topological polar surface area (TPSA) is 75.2 Å². The average Bonchev–Trinajstić information content (AvgIpc) is 3.37. The minimum absolute atomic E-state index is 0.127. The van der Waals surface area contributed by atoms with Crippen molar-refractivity contribution in [3.8, 4) is 0 Å². The minimum atomic E-state index is -0.352. The smallest absolute Gasteiger partial charge is 0.340 e. The summed E-state index contributed by atoms with van der Waals surface area (Å²) in [5.74, 6) is 1.08. The van der Waals surface area contributed by atoms with Crippen LogP contribution in [-0.4, -0.2) is 85.7 Å². The molecule has 2 saturated heterocycles. The van der Waals surface area contributed by atoms with E-state index in [1.54, 1.807) is 12.3 Å². The maximum atomic E-state index is 12.3. The second-order valence-corrected chi connectivity index (χ2v) is 9.28. The van der Waals surface area contributed by atoms with Crippen molar-refractivity contribution in [1.82, 2.24) is 14.8 Å². The van der Waals surface area contributed by atoms with Crippen molar-refractivity contribution in [2.45, 2.75) is 26.4 Å². The first-order valence-corrected chi connectivity index (χ1v) is 12.6. The van der Waals surface area contributed by atoms with E-state index in [0.29, 0.717) is 24.6 Å². The molecule has 1 aromatic heterocycles. The van der Waals surface area contributed by atoms with Crippen molar-refractivity contribution in [3.63, 3.8) is 0 Å². The molecule has 0 saturated carbocycles. The Bertz CT molecular complexity index is 945. The van der Waals surface area contributed by atoms with Crippen molar-refractivity contribution in [2.24, 2.45) is 5.92 Å². The van der Waals surface area contributed by atoms with Gasteiger partial charge in [0.2, 0.25) is 0 Å². The van der Waals surface area contributed by atoms with Gasteiger partial charge >= 0.3 is 11.9 Å². The summed E-state index contributed by atoms with van der Waals surface area (Å²) >= 11 is 0. The van der Waals surface area contributed by atoms with Crippen LogP contribution in [0.25, 0.3) is 0 Å². The highest BCUT2D eigenvalue weighted by Gasteiger charge is 2.25. The number of rotatable bonds is 10. The summed E-state index contributed by atoms with van der Waals surface area (Å²) in [5.41, 5.74) is 1.44. The largest absolute Gasteiger partial charge is 0.465 e. The normalized spacial score (nSPS) is 19.0. The molecule has 8 nitrogen and oxygen atoms in total. The highest BCUT2D eigenvalue weighted by molar-refractivity contribution is 5.89. The van der Waals surface area contributed by atoms with Gasteiger partial charge in [-0.25, -0.2) is 9.78 Å². The Kier molecular flexibility index (Phi) is 9.08. The third-order valence-electron chi connectivity index (χ3n) is 6.78. The maximum Gasteiger partial charge on any atom is 0.340 e. The average molecular weight is 481 g/mol. The van der Waals surface area contributed by atoms with Gasteiger partial charge in [0.1, 0.15) is 12.4 Å². The summed E-state index contributed by atoms with van der Waals surface area (Å²) in [7, 11) is 0. The van der Waals surface area contributed by atoms with Gasteiger partial charge in [0.15, 0.2) is 0 Å². The number of nitrogens with zero attached hydrogens (tertiary/aromatic N) is 4. The van der Waals surface area contributed by atoms with Crippen LogP contribution in [0.3, 0.4) is 0 Å². The first kappa shape index (κ1) is 25.1. The quantitative estimate of drug-likeness (QED) is 0.481. The monoisotopic (exact) mass is 480 g/mol. The highest BCUT2D eigenvalue weighted by atomic mass is 16.5. The van der Waals surface area contributed by atoms with E-state index in [4.69, 9.17) is 9.47 Å². The lowest BCUT2D eigenvalue weighted by Gasteiger charge is -2.34. The number of esters is 2. The molecule has 2 aromatic rings. The van der Waals surface area contributed by atoms with Crippen LogP contribution in [0.1, 0.15) is 35.7 Å². The molecule has 4 rings (SSSR count). The molecule has 2 aliphatic heterocycles. The van der Waals surface area contributed by atoms with Gasteiger partial charge in [-0.2, -0.15) is 0 Å². The van der Waals surface area contributed by atoms with E-state index in [1.807, 2.05) is 43.3 Å². The molecular formula is C27H36N4O4. The van der Waals surface area contributed by atoms with Crippen molar-refractivity contribution < 1.29 is 19.1 Å². The maximum absolute atomic E-state index is 12.3.